The Morgan fingerprint density at radius 1 is 0.931 bits per heavy atom. The highest BCUT2D eigenvalue weighted by Crippen LogP contribution is 2.34. The van der Waals surface area contributed by atoms with Crippen molar-refractivity contribution in [2.75, 3.05) is 21.5 Å². The van der Waals surface area contributed by atoms with E-state index in [4.69, 9.17) is 0 Å². The number of carbonyl (C=O) groups excluding carboxylic acids is 1. The van der Waals surface area contributed by atoms with Crippen molar-refractivity contribution in [1.82, 2.24) is 0 Å². The number of rotatable bonds is 4. The van der Waals surface area contributed by atoms with Gasteiger partial charge in [-0.2, -0.15) is 0 Å². The summed E-state index contributed by atoms with van der Waals surface area (Å²) in [6.45, 7) is 2.30. The molecule has 7 heteroatoms. The van der Waals surface area contributed by atoms with E-state index in [1.807, 2.05) is 37.3 Å². The number of amides is 2. The molecule has 0 radical (unpaired) electrons. The SMILES string of the molecule is Cc1ccccc1NC(=O)Nc1ccc2c(c1)CCN2S(=O)(=O)c1ccccc1. The highest BCUT2D eigenvalue weighted by molar-refractivity contribution is 7.92. The van der Waals surface area contributed by atoms with Gasteiger partial charge in [0.1, 0.15) is 0 Å². The molecule has 0 aromatic heterocycles. The summed E-state index contributed by atoms with van der Waals surface area (Å²) in [7, 11) is -3.60. The average Bonchev–Trinajstić information content (AvgIpc) is 3.14. The van der Waals surface area contributed by atoms with Crippen LogP contribution in [0.3, 0.4) is 0 Å². The van der Waals surface area contributed by atoms with Crippen LogP contribution in [-0.2, 0) is 16.4 Å². The number of hydrogen-bond acceptors (Lipinski definition) is 3. The quantitative estimate of drug-likeness (QED) is 0.673. The van der Waals surface area contributed by atoms with Gasteiger partial charge in [-0.15, -0.1) is 0 Å². The first-order valence-corrected chi connectivity index (χ1v) is 10.7. The number of para-hydroxylation sites is 1. The van der Waals surface area contributed by atoms with Gasteiger partial charge in [0, 0.05) is 17.9 Å². The summed E-state index contributed by atoms with van der Waals surface area (Å²) in [6.07, 6.45) is 0.594. The monoisotopic (exact) mass is 407 g/mol. The second kappa shape index (κ2) is 7.60. The van der Waals surface area contributed by atoms with E-state index in [1.54, 1.807) is 42.5 Å². The molecular weight excluding hydrogens is 386 g/mol. The number of nitrogens with one attached hydrogen (secondary N) is 2. The normalized spacial score (nSPS) is 13.1. The van der Waals surface area contributed by atoms with Crippen molar-refractivity contribution >= 4 is 33.1 Å². The van der Waals surface area contributed by atoms with Crippen LogP contribution in [0.4, 0.5) is 21.9 Å². The fraction of sp³-hybridized carbons (Fsp3) is 0.136. The minimum Gasteiger partial charge on any atom is -0.308 e. The maximum atomic E-state index is 12.9. The van der Waals surface area contributed by atoms with E-state index in [1.165, 1.54) is 4.31 Å². The lowest BCUT2D eigenvalue weighted by Crippen LogP contribution is -2.29. The maximum Gasteiger partial charge on any atom is 0.323 e. The predicted molar refractivity (Wildman–Crippen MR) is 115 cm³/mol. The Kier molecular flexibility index (Phi) is 4.98. The van der Waals surface area contributed by atoms with Crippen molar-refractivity contribution in [3.8, 4) is 0 Å². The van der Waals surface area contributed by atoms with E-state index in [-0.39, 0.29) is 10.9 Å². The maximum absolute atomic E-state index is 12.9. The average molecular weight is 407 g/mol. The molecule has 0 spiro atoms. The molecule has 0 unspecified atom stereocenters. The van der Waals surface area contributed by atoms with Crippen molar-refractivity contribution in [2.45, 2.75) is 18.2 Å². The van der Waals surface area contributed by atoms with Crippen LogP contribution in [0.25, 0.3) is 0 Å². The number of anilines is 3. The van der Waals surface area contributed by atoms with Gasteiger partial charge in [0.05, 0.1) is 10.6 Å². The molecule has 2 amide bonds. The zero-order valence-corrected chi connectivity index (χ0v) is 16.7. The summed E-state index contributed by atoms with van der Waals surface area (Å²) in [5.74, 6) is 0. The third-order valence-corrected chi connectivity index (χ3v) is 6.74. The topological polar surface area (TPSA) is 78.5 Å². The Morgan fingerprint density at radius 2 is 1.66 bits per heavy atom. The number of nitrogens with zero attached hydrogens (tertiary/aromatic N) is 1. The van der Waals surface area contributed by atoms with Crippen LogP contribution >= 0.6 is 0 Å². The number of carbonyl (C=O) groups is 1. The Balaban J connectivity index is 1.52. The zero-order chi connectivity index (χ0) is 20.4. The fourth-order valence-electron chi connectivity index (χ4n) is 3.42. The van der Waals surface area contributed by atoms with E-state index in [9.17, 15) is 13.2 Å². The molecule has 1 aliphatic rings. The highest BCUT2D eigenvalue weighted by atomic mass is 32.2. The van der Waals surface area contributed by atoms with Crippen LogP contribution < -0.4 is 14.9 Å². The van der Waals surface area contributed by atoms with E-state index < -0.39 is 10.0 Å². The molecule has 0 fully saturated rings. The van der Waals surface area contributed by atoms with Crippen molar-refractivity contribution in [1.29, 1.82) is 0 Å². The molecule has 1 aliphatic heterocycles. The van der Waals surface area contributed by atoms with Gasteiger partial charge in [-0.3, -0.25) is 4.31 Å². The molecular formula is C22H21N3O3S. The van der Waals surface area contributed by atoms with Crippen LogP contribution in [0.2, 0.25) is 0 Å². The molecule has 148 valence electrons. The zero-order valence-electron chi connectivity index (χ0n) is 15.9. The first kappa shape index (κ1) is 19.0. The lowest BCUT2D eigenvalue weighted by molar-refractivity contribution is 0.262. The van der Waals surface area contributed by atoms with E-state index in [2.05, 4.69) is 10.6 Å². The first-order chi connectivity index (χ1) is 13.9. The van der Waals surface area contributed by atoms with E-state index >= 15 is 0 Å². The summed E-state index contributed by atoms with van der Waals surface area (Å²) in [5.41, 5.74) is 3.87. The third kappa shape index (κ3) is 3.82. The molecule has 6 nitrogen and oxygen atoms in total. The van der Waals surface area contributed by atoms with Crippen molar-refractivity contribution < 1.29 is 13.2 Å². The molecule has 1 heterocycles. The lowest BCUT2D eigenvalue weighted by atomic mass is 10.1. The minimum absolute atomic E-state index is 0.271. The lowest BCUT2D eigenvalue weighted by Gasteiger charge is -2.20. The van der Waals surface area contributed by atoms with Crippen LogP contribution in [0.5, 0.6) is 0 Å². The minimum atomic E-state index is -3.60. The van der Waals surface area contributed by atoms with Gasteiger partial charge in [-0.1, -0.05) is 36.4 Å². The van der Waals surface area contributed by atoms with Gasteiger partial charge in [0.2, 0.25) is 0 Å². The molecule has 0 atom stereocenters. The number of urea groups is 1. The Labute approximate surface area is 170 Å². The smallest absolute Gasteiger partial charge is 0.308 e. The van der Waals surface area contributed by atoms with Crippen molar-refractivity contribution in [3.63, 3.8) is 0 Å². The number of aryl methyl sites for hydroxylation is 1. The van der Waals surface area contributed by atoms with Crippen LogP contribution in [0.1, 0.15) is 11.1 Å². The highest BCUT2D eigenvalue weighted by Gasteiger charge is 2.30. The van der Waals surface area contributed by atoms with Gasteiger partial charge in [0.15, 0.2) is 0 Å². The van der Waals surface area contributed by atoms with Gasteiger partial charge in [-0.25, -0.2) is 13.2 Å². The van der Waals surface area contributed by atoms with Gasteiger partial charge in [0.25, 0.3) is 10.0 Å². The summed E-state index contributed by atoms with van der Waals surface area (Å²) >= 11 is 0. The molecule has 2 N–H and O–H groups in total. The molecule has 0 aliphatic carbocycles. The molecule has 0 saturated heterocycles. The van der Waals surface area contributed by atoms with Crippen molar-refractivity contribution in [3.05, 3.63) is 83.9 Å². The third-order valence-electron chi connectivity index (χ3n) is 4.91. The summed E-state index contributed by atoms with van der Waals surface area (Å²) in [4.78, 5) is 12.6. The van der Waals surface area contributed by atoms with Gasteiger partial charge < -0.3 is 10.6 Å². The Bertz CT molecular complexity index is 1160. The fourth-order valence-corrected chi connectivity index (χ4v) is 4.94. The Morgan fingerprint density at radius 3 is 2.41 bits per heavy atom. The second-order valence-corrected chi connectivity index (χ2v) is 8.74. The van der Waals surface area contributed by atoms with Crippen LogP contribution in [0, 0.1) is 6.92 Å². The van der Waals surface area contributed by atoms with Crippen molar-refractivity contribution in [2.24, 2.45) is 0 Å². The molecule has 29 heavy (non-hydrogen) atoms. The molecule has 0 saturated carbocycles. The standard InChI is InChI=1S/C22H21N3O3S/c1-16-7-5-6-10-20(16)24-22(26)23-18-11-12-21-17(15-18)13-14-25(21)29(27,28)19-8-3-2-4-9-19/h2-12,15H,13-14H2,1H3,(H2,23,24,26). The van der Waals surface area contributed by atoms with Gasteiger partial charge >= 0.3 is 6.03 Å². The van der Waals surface area contributed by atoms with Crippen LogP contribution in [0.15, 0.2) is 77.7 Å². The number of benzene rings is 3. The number of fused-ring (bicyclic) bond motifs is 1. The van der Waals surface area contributed by atoms with E-state index in [0.717, 1.165) is 16.8 Å². The van der Waals surface area contributed by atoms with E-state index in [0.29, 0.717) is 24.3 Å². The summed E-state index contributed by atoms with van der Waals surface area (Å²) < 4.78 is 27.3. The molecule has 4 rings (SSSR count). The van der Waals surface area contributed by atoms with Gasteiger partial charge in [-0.05, 0) is 60.9 Å². The molecule has 3 aromatic carbocycles. The number of sulfonamides is 1. The first-order valence-electron chi connectivity index (χ1n) is 9.29. The largest absolute Gasteiger partial charge is 0.323 e. The Hall–Kier alpha value is -3.32. The number of hydrogen-bond donors (Lipinski definition) is 2. The summed E-state index contributed by atoms with van der Waals surface area (Å²) in [6, 6.07) is 20.9. The molecule has 0 bridgehead atoms. The second-order valence-electron chi connectivity index (χ2n) is 6.88. The molecule has 3 aromatic rings. The van der Waals surface area contributed by atoms with Crippen LogP contribution in [-0.4, -0.2) is 21.0 Å². The summed E-state index contributed by atoms with van der Waals surface area (Å²) in [5, 5.41) is 5.64. The predicted octanol–water partition coefficient (Wildman–Crippen LogP) is 4.39.